The highest BCUT2D eigenvalue weighted by Gasteiger charge is 2.07. The van der Waals surface area contributed by atoms with Gasteiger partial charge in [-0.1, -0.05) is 39.7 Å². The molecular weight excluding hydrogens is 356 g/mol. The summed E-state index contributed by atoms with van der Waals surface area (Å²) in [7, 11) is 0. The summed E-state index contributed by atoms with van der Waals surface area (Å²) in [6, 6.07) is 12.4. The van der Waals surface area contributed by atoms with Crippen LogP contribution in [-0.2, 0) is 4.79 Å². The monoisotopic (exact) mass is 368 g/mol. The second kappa shape index (κ2) is 7.33. The molecule has 0 radical (unpaired) electrons. The zero-order valence-electron chi connectivity index (χ0n) is 11.1. The predicted octanol–water partition coefficient (Wildman–Crippen LogP) is 4.09. The number of rotatable bonds is 5. The highest BCUT2D eigenvalue weighted by atomic mass is 79.9. The van der Waals surface area contributed by atoms with Crippen LogP contribution in [0.3, 0.4) is 0 Å². The van der Waals surface area contributed by atoms with Crippen LogP contribution in [0.25, 0.3) is 0 Å². The topological polar surface area (TPSA) is 64.3 Å². The van der Waals surface area contributed by atoms with E-state index >= 15 is 0 Å². The molecule has 0 heterocycles. The van der Waals surface area contributed by atoms with Crippen molar-refractivity contribution in [3.05, 3.63) is 52.0 Å². The van der Waals surface area contributed by atoms with E-state index in [1.165, 1.54) is 0 Å². The quantitative estimate of drug-likeness (QED) is 0.780. The maximum atomic E-state index is 11.8. The Kier molecular flexibility index (Phi) is 5.47. The molecule has 110 valence electrons. The first-order valence-corrected chi connectivity index (χ1v) is 7.45. The van der Waals surface area contributed by atoms with Gasteiger partial charge in [-0.3, -0.25) is 4.79 Å². The van der Waals surface area contributed by atoms with Crippen molar-refractivity contribution in [3.63, 3.8) is 0 Å². The van der Waals surface area contributed by atoms with Crippen molar-refractivity contribution in [2.24, 2.45) is 0 Å². The molecular formula is C15H14BrClN2O2. The summed E-state index contributed by atoms with van der Waals surface area (Å²) in [6.07, 6.45) is 0.209. The number of nitrogen functional groups attached to an aromatic ring is 1. The molecule has 2 rings (SSSR count). The van der Waals surface area contributed by atoms with E-state index in [-0.39, 0.29) is 18.9 Å². The van der Waals surface area contributed by atoms with Crippen LogP contribution in [0.4, 0.5) is 11.4 Å². The van der Waals surface area contributed by atoms with Gasteiger partial charge >= 0.3 is 0 Å². The number of para-hydroxylation sites is 2. The summed E-state index contributed by atoms with van der Waals surface area (Å²) >= 11 is 9.34. The van der Waals surface area contributed by atoms with Crippen LogP contribution in [0.1, 0.15) is 6.42 Å². The first-order valence-electron chi connectivity index (χ1n) is 6.28. The molecule has 4 nitrogen and oxygen atoms in total. The average Bonchev–Trinajstić information content (AvgIpc) is 2.44. The molecule has 3 N–H and O–H groups in total. The van der Waals surface area contributed by atoms with Crippen LogP contribution in [0, 0.1) is 0 Å². The number of carbonyl (C=O) groups is 1. The van der Waals surface area contributed by atoms with Gasteiger partial charge in [0.05, 0.1) is 29.4 Å². The molecule has 1 amide bonds. The van der Waals surface area contributed by atoms with Crippen molar-refractivity contribution in [3.8, 4) is 5.75 Å². The molecule has 0 aliphatic carbocycles. The summed E-state index contributed by atoms with van der Waals surface area (Å²) in [5, 5.41) is 3.21. The summed E-state index contributed by atoms with van der Waals surface area (Å²) in [4.78, 5) is 11.8. The largest absolute Gasteiger partial charge is 0.491 e. The molecule has 0 aliphatic heterocycles. The number of hydrogen-bond donors (Lipinski definition) is 2. The number of amides is 1. The number of hydrogen-bond acceptors (Lipinski definition) is 3. The van der Waals surface area contributed by atoms with E-state index in [9.17, 15) is 4.79 Å². The minimum atomic E-state index is -0.172. The van der Waals surface area contributed by atoms with E-state index in [2.05, 4.69) is 21.2 Å². The van der Waals surface area contributed by atoms with Crippen molar-refractivity contribution in [2.75, 3.05) is 17.7 Å². The van der Waals surface area contributed by atoms with Gasteiger partial charge in [0.25, 0.3) is 0 Å². The number of nitrogens with two attached hydrogens (primary N) is 1. The van der Waals surface area contributed by atoms with Gasteiger partial charge in [-0.15, -0.1) is 0 Å². The lowest BCUT2D eigenvalue weighted by Gasteiger charge is -2.10. The van der Waals surface area contributed by atoms with Crippen molar-refractivity contribution in [1.82, 2.24) is 0 Å². The summed E-state index contributed by atoms with van der Waals surface area (Å²) < 4.78 is 6.32. The van der Waals surface area contributed by atoms with E-state index in [4.69, 9.17) is 22.1 Å². The summed E-state index contributed by atoms with van der Waals surface area (Å²) in [5.41, 5.74) is 6.87. The first kappa shape index (κ1) is 15.7. The van der Waals surface area contributed by atoms with Crippen LogP contribution in [0.5, 0.6) is 5.75 Å². The highest BCUT2D eigenvalue weighted by molar-refractivity contribution is 9.10. The third-order valence-corrected chi connectivity index (χ3v) is 3.52. The molecule has 0 aromatic heterocycles. The molecule has 0 aliphatic rings. The lowest BCUT2D eigenvalue weighted by Crippen LogP contribution is -2.15. The smallest absolute Gasteiger partial charge is 0.227 e. The molecule has 0 unspecified atom stereocenters. The highest BCUT2D eigenvalue weighted by Crippen LogP contribution is 2.25. The molecule has 0 fully saturated rings. The SMILES string of the molecule is Nc1ccccc1OCCC(=O)Nc1ccc(Br)cc1Cl. The molecule has 0 bridgehead atoms. The number of ether oxygens (including phenoxy) is 1. The van der Waals surface area contributed by atoms with Crippen LogP contribution < -0.4 is 15.8 Å². The Morgan fingerprint density at radius 2 is 2.05 bits per heavy atom. The fraction of sp³-hybridized carbons (Fsp3) is 0.133. The Labute approximate surface area is 136 Å². The fourth-order valence-electron chi connectivity index (χ4n) is 1.67. The van der Waals surface area contributed by atoms with Crippen molar-refractivity contribution >= 4 is 44.8 Å². The second-order valence-electron chi connectivity index (χ2n) is 4.31. The Balaban J connectivity index is 1.84. The fourth-order valence-corrected chi connectivity index (χ4v) is 2.39. The molecule has 21 heavy (non-hydrogen) atoms. The Hall–Kier alpha value is -1.72. The third-order valence-electron chi connectivity index (χ3n) is 2.71. The maximum Gasteiger partial charge on any atom is 0.227 e. The minimum Gasteiger partial charge on any atom is -0.491 e. The van der Waals surface area contributed by atoms with E-state index < -0.39 is 0 Å². The van der Waals surface area contributed by atoms with Gasteiger partial charge in [0.15, 0.2) is 0 Å². The lowest BCUT2D eigenvalue weighted by molar-refractivity contribution is -0.116. The first-order chi connectivity index (χ1) is 10.1. The normalized spacial score (nSPS) is 10.2. The maximum absolute atomic E-state index is 11.8. The number of carbonyl (C=O) groups excluding carboxylic acids is 1. The number of halogens is 2. The molecule has 0 atom stereocenters. The molecule has 2 aromatic rings. The van der Waals surface area contributed by atoms with Gasteiger partial charge < -0.3 is 15.8 Å². The Bertz CT molecular complexity index is 649. The average molecular weight is 370 g/mol. The van der Waals surface area contributed by atoms with Gasteiger partial charge in [-0.25, -0.2) is 0 Å². The number of nitrogens with one attached hydrogen (secondary N) is 1. The second-order valence-corrected chi connectivity index (χ2v) is 5.63. The lowest BCUT2D eigenvalue weighted by atomic mass is 10.3. The summed E-state index contributed by atoms with van der Waals surface area (Å²) in [5.74, 6) is 0.403. The van der Waals surface area contributed by atoms with Crippen molar-refractivity contribution < 1.29 is 9.53 Å². The van der Waals surface area contributed by atoms with Crippen LogP contribution >= 0.6 is 27.5 Å². The Morgan fingerprint density at radius 3 is 2.76 bits per heavy atom. The van der Waals surface area contributed by atoms with Crippen LogP contribution in [-0.4, -0.2) is 12.5 Å². The van der Waals surface area contributed by atoms with E-state index in [0.29, 0.717) is 22.1 Å². The zero-order valence-corrected chi connectivity index (χ0v) is 13.4. The van der Waals surface area contributed by atoms with Crippen molar-refractivity contribution in [2.45, 2.75) is 6.42 Å². The van der Waals surface area contributed by atoms with Gasteiger partial charge in [0.2, 0.25) is 5.91 Å². The summed E-state index contributed by atoms with van der Waals surface area (Å²) in [6.45, 7) is 0.244. The molecule has 0 saturated carbocycles. The van der Waals surface area contributed by atoms with Gasteiger partial charge in [0, 0.05) is 4.47 Å². The van der Waals surface area contributed by atoms with Crippen LogP contribution in [0.2, 0.25) is 5.02 Å². The zero-order chi connectivity index (χ0) is 15.2. The predicted molar refractivity (Wildman–Crippen MR) is 88.7 cm³/mol. The van der Waals surface area contributed by atoms with Crippen LogP contribution in [0.15, 0.2) is 46.9 Å². The van der Waals surface area contributed by atoms with E-state index in [1.807, 2.05) is 18.2 Å². The minimum absolute atomic E-state index is 0.172. The number of anilines is 2. The van der Waals surface area contributed by atoms with E-state index in [0.717, 1.165) is 4.47 Å². The molecule has 2 aromatic carbocycles. The van der Waals surface area contributed by atoms with E-state index in [1.54, 1.807) is 24.3 Å². The number of benzene rings is 2. The van der Waals surface area contributed by atoms with Gasteiger partial charge in [-0.05, 0) is 30.3 Å². The molecule has 6 heteroatoms. The van der Waals surface area contributed by atoms with Gasteiger partial charge in [-0.2, -0.15) is 0 Å². The van der Waals surface area contributed by atoms with Gasteiger partial charge in [0.1, 0.15) is 5.75 Å². The molecule has 0 spiro atoms. The standard InChI is InChI=1S/C15H14BrClN2O2/c16-10-5-6-13(11(17)9-10)19-15(20)7-8-21-14-4-2-1-3-12(14)18/h1-6,9H,7-8,18H2,(H,19,20). The Morgan fingerprint density at radius 1 is 1.29 bits per heavy atom. The third kappa shape index (κ3) is 4.65. The molecule has 0 saturated heterocycles. The van der Waals surface area contributed by atoms with Crippen molar-refractivity contribution in [1.29, 1.82) is 0 Å².